The van der Waals surface area contributed by atoms with Crippen LogP contribution < -0.4 is 0 Å². The topological polar surface area (TPSA) is 25.2 Å². The van der Waals surface area contributed by atoms with Crippen LogP contribution in [0.5, 0.6) is 0 Å². The van der Waals surface area contributed by atoms with Gasteiger partial charge in [0.1, 0.15) is 5.76 Å². The van der Waals surface area contributed by atoms with Gasteiger partial charge in [0.05, 0.1) is 6.54 Å². The first kappa shape index (κ1) is 5.95. The summed E-state index contributed by atoms with van der Waals surface area (Å²) in [6.45, 7) is 3.86. The third-order valence-corrected chi connectivity index (χ3v) is 1.03. The van der Waals surface area contributed by atoms with Crippen LogP contribution in [0, 0.1) is 0 Å². The van der Waals surface area contributed by atoms with Crippen LogP contribution >= 0.6 is 0 Å². The van der Waals surface area contributed by atoms with E-state index in [1.807, 2.05) is 29.1 Å². The molecule has 0 amide bonds. The summed E-state index contributed by atoms with van der Waals surface area (Å²) in [5.74, 6) is 0.186. The van der Waals surface area contributed by atoms with Crippen molar-refractivity contribution in [1.29, 1.82) is 0 Å². The molecule has 0 aliphatic heterocycles. The molecule has 0 fully saturated rings. The summed E-state index contributed by atoms with van der Waals surface area (Å²) in [4.78, 5) is 0. The first-order valence-corrected chi connectivity index (χ1v) is 2.76. The second-order valence-corrected chi connectivity index (χ2v) is 1.92. The van der Waals surface area contributed by atoms with Gasteiger partial charge in [-0.1, -0.05) is 6.58 Å². The predicted molar refractivity (Wildman–Crippen MR) is 36.2 cm³/mol. The molecule has 0 bridgehead atoms. The molecular formula is C7H9NO. The van der Waals surface area contributed by atoms with Crippen molar-refractivity contribution in [3.05, 3.63) is 36.9 Å². The number of aliphatic hydroxyl groups excluding tert-OH is 1. The molecular weight excluding hydrogens is 114 g/mol. The molecule has 0 spiro atoms. The molecule has 0 aliphatic carbocycles. The number of aromatic nitrogens is 1. The standard InChI is InChI=1S/C7H9NO/c1-7(9)6-8-4-2-3-5-8/h2-5,9H,1,6H2. The minimum Gasteiger partial charge on any atom is -0.511 e. The van der Waals surface area contributed by atoms with Gasteiger partial charge in [0.25, 0.3) is 0 Å². The van der Waals surface area contributed by atoms with Crippen molar-refractivity contribution < 1.29 is 5.11 Å². The van der Waals surface area contributed by atoms with Gasteiger partial charge in [-0.3, -0.25) is 0 Å². The lowest BCUT2D eigenvalue weighted by atomic mass is 10.5. The Hall–Kier alpha value is -1.18. The Morgan fingerprint density at radius 1 is 1.44 bits per heavy atom. The summed E-state index contributed by atoms with van der Waals surface area (Å²) in [6.07, 6.45) is 3.75. The van der Waals surface area contributed by atoms with Crippen LogP contribution in [-0.4, -0.2) is 9.67 Å². The Bertz CT molecular complexity index is 189. The Kier molecular flexibility index (Phi) is 1.58. The van der Waals surface area contributed by atoms with Crippen molar-refractivity contribution in [1.82, 2.24) is 4.57 Å². The zero-order valence-electron chi connectivity index (χ0n) is 5.12. The summed E-state index contributed by atoms with van der Waals surface area (Å²) < 4.78 is 1.85. The smallest absolute Gasteiger partial charge is 0.105 e. The summed E-state index contributed by atoms with van der Waals surface area (Å²) in [7, 11) is 0. The zero-order chi connectivity index (χ0) is 6.69. The lowest BCUT2D eigenvalue weighted by molar-refractivity contribution is 0.379. The molecule has 1 heterocycles. The number of hydrogen-bond acceptors (Lipinski definition) is 1. The third-order valence-electron chi connectivity index (χ3n) is 1.03. The molecule has 1 N–H and O–H groups in total. The van der Waals surface area contributed by atoms with Crippen LogP contribution in [0.2, 0.25) is 0 Å². The lowest BCUT2D eigenvalue weighted by Crippen LogP contribution is -1.94. The van der Waals surface area contributed by atoms with E-state index in [2.05, 4.69) is 6.58 Å². The first-order valence-electron chi connectivity index (χ1n) is 2.76. The average molecular weight is 123 g/mol. The zero-order valence-corrected chi connectivity index (χ0v) is 5.12. The largest absolute Gasteiger partial charge is 0.511 e. The maximum Gasteiger partial charge on any atom is 0.105 e. The van der Waals surface area contributed by atoms with Gasteiger partial charge in [-0.15, -0.1) is 0 Å². The van der Waals surface area contributed by atoms with E-state index >= 15 is 0 Å². The Labute approximate surface area is 54.0 Å². The van der Waals surface area contributed by atoms with Crippen LogP contribution in [0.15, 0.2) is 36.9 Å². The van der Waals surface area contributed by atoms with Crippen molar-refractivity contribution in [2.45, 2.75) is 6.54 Å². The summed E-state index contributed by atoms with van der Waals surface area (Å²) in [6, 6.07) is 3.81. The number of nitrogens with zero attached hydrogens (tertiary/aromatic N) is 1. The second kappa shape index (κ2) is 2.40. The Morgan fingerprint density at radius 3 is 2.44 bits per heavy atom. The molecule has 48 valence electrons. The fourth-order valence-electron chi connectivity index (χ4n) is 0.686. The highest BCUT2D eigenvalue weighted by Crippen LogP contribution is 1.93. The summed E-state index contributed by atoms with van der Waals surface area (Å²) in [5, 5.41) is 8.71. The molecule has 0 radical (unpaired) electrons. The van der Waals surface area contributed by atoms with E-state index in [9.17, 15) is 0 Å². The van der Waals surface area contributed by atoms with Gasteiger partial charge < -0.3 is 9.67 Å². The van der Waals surface area contributed by atoms with E-state index in [0.29, 0.717) is 6.54 Å². The number of hydrogen-bond donors (Lipinski definition) is 1. The molecule has 0 saturated carbocycles. The molecule has 0 atom stereocenters. The summed E-state index contributed by atoms with van der Waals surface area (Å²) in [5.41, 5.74) is 0. The van der Waals surface area contributed by atoms with E-state index in [-0.39, 0.29) is 5.76 Å². The van der Waals surface area contributed by atoms with E-state index in [1.54, 1.807) is 0 Å². The van der Waals surface area contributed by atoms with Gasteiger partial charge in [0, 0.05) is 12.4 Å². The molecule has 2 nitrogen and oxygen atoms in total. The van der Waals surface area contributed by atoms with Gasteiger partial charge in [-0.2, -0.15) is 0 Å². The van der Waals surface area contributed by atoms with Crippen LogP contribution in [0.1, 0.15) is 0 Å². The van der Waals surface area contributed by atoms with Crippen molar-refractivity contribution >= 4 is 0 Å². The molecule has 0 aromatic carbocycles. The molecule has 0 unspecified atom stereocenters. The maximum atomic E-state index is 8.71. The van der Waals surface area contributed by atoms with Crippen molar-refractivity contribution in [2.75, 3.05) is 0 Å². The van der Waals surface area contributed by atoms with Crippen molar-refractivity contribution in [3.63, 3.8) is 0 Å². The number of aliphatic hydroxyl groups is 1. The van der Waals surface area contributed by atoms with Gasteiger partial charge in [0.15, 0.2) is 0 Å². The van der Waals surface area contributed by atoms with E-state index in [4.69, 9.17) is 5.11 Å². The van der Waals surface area contributed by atoms with Crippen LogP contribution in [0.4, 0.5) is 0 Å². The minimum atomic E-state index is 0.186. The Balaban J connectivity index is 2.58. The molecule has 1 rings (SSSR count). The fraction of sp³-hybridized carbons (Fsp3) is 0.143. The summed E-state index contributed by atoms with van der Waals surface area (Å²) >= 11 is 0. The normalized spacial score (nSPS) is 9.33. The van der Waals surface area contributed by atoms with Gasteiger partial charge in [-0.05, 0) is 12.1 Å². The lowest BCUT2D eigenvalue weighted by Gasteiger charge is -1.97. The van der Waals surface area contributed by atoms with E-state index in [1.165, 1.54) is 0 Å². The number of rotatable bonds is 2. The number of allylic oxidation sites excluding steroid dienone is 1. The molecule has 1 aromatic heterocycles. The highest BCUT2D eigenvalue weighted by molar-refractivity contribution is 4.93. The molecule has 0 saturated heterocycles. The fourth-order valence-corrected chi connectivity index (χ4v) is 0.686. The van der Waals surface area contributed by atoms with Crippen LogP contribution in [0.3, 0.4) is 0 Å². The molecule has 9 heavy (non-hydrogen) atoms. The minimum absolute atomic E-state index is 0.186. The Morgan fingerprint density at radius 2 is 2.00 bits per heavy atom. The second-order valence-electron chi connectivity index (χ2n) is 1.92. The van der Waals surface area contributed by atoms with Crippen molar-refractivity contribution in [2.24, 2.45) is 0 Å². The van der Waals surface area contributed by atoms with Crippen LogP contribution in [0.25, 0.3) is 0 Å². The SMILES string of the molecule is C=C(O)Cn1cccc1. The van der Waals surface area contributed by atoms with Gasteiger partial charge >= 0.3 is 0 Å². The van der Waals surface area contributed by atoms with E-state index < -0.39 is 0 Å². The van der Waals surface area contributed by atoms with Crippen molar-refractivity contribution in [3.8, 4) is 0 Å². The maximum absolute atomic E-state index is 8.71. The molecule has 0 aliphatic rings. The predicted octanol–water partition coefficient (Wildman–Crippen LogP) is 1.56. The molecule has 2 heteroatoms. The highest BCUT2D eigenvalue weighted by atomic mass is 16.3. The first-order chi connectivity index (χ1) is 4.29. The molecule has 1 aromatic rings. The van der Waals surface area contributed by atoms with Crippen LogP contribution in [-0.2, 0) is 6.54 Å². The van der Waals surface area contributed by atoms with E-state index in [0.717, 1.165) is 0 Å². The highest BCUT2D eigenvalue weighted by Gasteiger charge is 1.87. The monoisotopic (exact) mass is 123 g/mol. The van der Waals surface area contributed by atoms with Gasteiger partial charge in [-0.25, -0.2) is 0 Å². The average Bonchev–Trinajstić information content (AvgIpc) is 2.15. The van der Waals surface area contributed by atoms with Gasteiger partial charge in [0.2, 0.25) is 0 Å². The quantitative estimate of drug-likeness (QED) is 0.593. The third kappa shape index (κ3) is 1.64.